The fourth-order valence-corrected chi connectivity index (χ4v) is 2.15. The lowest BCUT2D eigenvalue weighted by Gasteiger charge is -2.05. The van der Waals surface area contributed by atoms with Crippen molar-refractivity contribution in [1.82, 2.24) is 4.57 Å². The van der Waals surface area contributed by atoms with Gasteiger partial charge < -0.3 is 15.0 Å². The third-order valence-corrected chi connectivity index (χ3v) is 3.02. The molecule has 0 aliphatic carbocycles. The normalized spacial score (nSPS) is 11.2. The lowest BCUT2D eigenvalue weighted by Crippen LogP contribution is -2.02. The van der Waals surface area contributed by atoms with Crippen LogP contribution in [-0.4, -0.2) is 24.8 Å². The van der Waals surface area contributed by atoms with E-state index in [1.807, 2.05) is 0 Å². The Morgan fingerprint density at radius 3 is 2.94 bits per heavy atom. The molecule has 2 aromatic rings. The summed E-state index contributed by atoms with van der Waals surface area (Å²) in [7, 11) is 1.74. The number of aryl methyl sites for hydroxylation is 1. The fourth-order valence-electron chi connectivity index (χ4n) is 2.15. The molecule has 0 radical (unpaired) electrons. The molecule has 1 heterocycles. The molecule has 92 valence electrons. The highest BCUT2D eigenvalue weighted by atomic mass is 16.5. The van der Waals surface area contributed by atoms with Gasteiger partial charge in [-0.25, -0.2) is 0 Å². The molecule has 0 amide bonds. The van der Waals surface area contributed by atoms with Gasteiger partial charge in [-0.2, -0.15) is 0 Å². The summed E-state index contributed by atoms with van der Waals surface area (Å²) in [6, 6.07) is 8.76. The summed E-state index contributed by atoms with van der Waals surface area (Å²) in [5.74, 6) is 0. The third kappa shape index (κ3) is 2.87. The smallest absolute Gasteiger partial charge is 0.0480 e. The first-order valence-electron chi connectivity index (χ1n) is 6.12. The van der Waals surface area contributed by atoms with Gasteiger partial charge in [-0.15, -0.1) is 0 Å². The predicted octanol–water partition coefficient (Wildman–Crippen LogP) is 2.18. The molecule has 0 saturated carbocycles. The van der Waals surface area contributed by atoms with Crippen molar-refractivity contribution >= 4 is 10.9 Å². The van der Waals surface area contributed by atoms with E-state index in [-0.39, 0.29) is 0 Å². The maximum absolute atomic E-state index is 5.57. The van der Waals surface area contributed by atoms with Crippen LogP contribution in [0.5, 0.6) is 0 Å². The number of methoxy groups -OCH3 is 1. The summed E-state index contributed by atoms with van der Waals surface area (Å²) in [5, 5.41) is 1.30. The highest BCUT2D eigenvalue weighted by Crippen LogP contribution is 2.18. The number of benzene rings is 1. The van der Waals surface area contributed by atoms with E-state index in [0.29, 0.717) is 6.54 Å². The van der Waals surface area contributed by atoms with E-state index in [9.17, 15) is 0 Å². The van der Waals surface area contributed by atoms with Crippen LogP contribution in [0, 0.1) is 0 Å². The molecule has 1 aromatic heterocycles. The summed E-state index contributed by atoms with van der Waals surface area (Å²) in [6.07, 6.45) is 4.14. The number of hydrogen-bond acceptors (Lipinski definition) is 2. The minimum absolute atomic E-state index is 0.708. The Bertz CT molecular complexity index is 476. The number of fused-ring (bicyclic) bond motifs is 1. The van der Waals surface area contributed by atoms with E-state index in [0.717, 1.165) is 26.0 Å². The molecule has 0 unspecified atom stereocenters. The standard InChI is InChI=1S/C14H20N2O/c1-17-10-2-8-16-9-6-13-11-12(5-7-15)3-4-14(13)16/h3-4,6,9,11H,2,5,7-8,10,15H2,1H3. The first kappa shape index (κ1) is 12.1. The highest BCUT2D eigenvalue weighted by Gasteiger charge is 2.01. The van der Waals surface area contributed by atoms with Crippen molar-refractivity contribution in [1.29, 1.82) is 0 Å². The van der Waals surface area contributed by atoms with Crippen LogP contribution in [-0.2, 0) is 17.7 Å². The Labute approximate surface area is 102 Å². The van der Waals surface area contributed by atoms with Gasteiger partial charge in [-0.3, -0.25) is 0 Å². The van der Waals surface area contributed by atoms with Gasteiger partial charge in [-0.05, 0) is 48.5 Å². The minimum atomic E-state index is 0.708. The first-order valence-corrected chi connectivity index (χ1v) is 6.12. The van der Waals surface area contributed by atoms with Gasteiger partial charge in [0, 0.05) is 32.0 Å². The third-order valence-electron chi connectivity index (χ3n) is 3.02. The van der Waals surface area contributed by atoms with Gasteiger partial charge in [0.05, 0.1) is 0 Å². The summed E-state index contributed by atoms with van der Waals surface area (Å²) in [4.78, 5) is 0. The van der Waals surface area contributed by atoms with Crippen LogP contribution >= 0.6 is 0 Å². The second-order valence-electron chi connectivity index (χ2n) is 4.29. The zero-order valence-electron chi connectivity index (χ0n) is 10.4. The van der Waals surface area contributed by atoms with E-state index in [1.165, 1.54) is 16.5 Å². The SMILES string of the molecule is COCCCn1ccc2cc(CCN)ccc21. The lowest BCUT2D eigenvalue weighted by atomic mass is 10.1. The molecule has 3 nitrogen and oxygen atoms in total. The van der Waals surface area contributed by atoms with Crippen LogP contribution in [0.25, 0.3) is 10.9 Å². The van der Waals surface area contributed by atoms with Crippen molar-refractivity contribution in [3.63, 3.8) is 0 Å². The number of rotatable bonds is 6. The molecule has 0 atom stereocenters. The van der Waals surface area contributed by atoms with Crippen LogP contribution in [0.2, 0.25) is 0 Å². The number of aromatic nitrogens is 1. The van der Waals surface area contributed by atoms with E-state index in [4.69, 9.17) is 10.5 Å². The molecule has 0 aliphatic heterocycles. The highest BCUT2D eigenvalue weighted by molar-refractivity contribution is 5.80. The van der Waals surface area contributed by atoms with E-state index in [2.05, 4.69) is 35.0 Å². The monoisotopic (exact) mass is 232 g/mol. The number of nitrogens with two attached hydrogens (primary N) is 1. The summed E-state index contributed by atoms with van der Waals surface area (Å²) >= 11 is 0. The quantitative estimate of drug-likeness (QED) is 0.775. The Morgan fingerprint density at radius 1 is 1.29 bits per heavy atom. The molecule has 0 saturated heterocycles. The lowest BCUT2D eigenvalue weighted by molar-refractivity contribution is 0.190. The Balaban J connectivity index is 2.16. The molecule has 0 fully saturated rings. The molecule has 0 bridgehead atoms. The first-order chi connectivity index (χ1) is 8.35. The molecule has 0 aliphatic rings. The van der Waals surface area contributed by atoms with Crippen molar-refractivity contribution in [2.24, 2.45) is 5.73 Å². The van der Waals surface area contributed by atoms with Gasteiger partial charge in [0.1, 0.15) is 0 Å². The minimum Gasteiger partial charge on any atom is -0.385 e. The van der Waals surface area contributed by atoms with Crippen molar-refractivity contribution in [3.8, 4) is 0 Å². The molecule has 2 N–H and O–H groups in total. The van der Waals surface area contributed by atoms with Gasteiger partial charge >= 0.3 is 0 Å². The van der Waals surface area contributed by atoms with Gasteiger partial charge in [0.25, 0.3) is 0 Å². The van der Waals surface area contributed by atoms with E-state index in [1.54, 1.807) is 7.11 Å². The molecule has 3 heteroatoms. The molecular weight excluding hydrogens is 212 g/mol. The molecule has 0 spiro atoms. The maximum atomic E-state index is 5.57. The van der Waals surface area contributed by atoms with Crippen LogP contribution in [0.3, 0.4) is 0 Å². The fraction of sp³-hybridized carbons (Fsp3) is 0.429. The average molecular weight is 232 g/mol. The van der Waals surface area contributed by atoms with E-state index < -0.39 is 0 Å². The van der Waals surface area contributed by atoms with Crippen molar-refractivity contribution in [3.05, 3.63) is 36.0 Å². The molecular formula is C14H20N2O. The van der Waals surface area contributed by atoms with Gasteiger partial charge in [-0.1, -0.05) is 6.07 Å². The topological polar surface area (TPSA) is 40.2 Å². The van der Waals surface area contributed by atoms with Gasteiger partial charge in [0.15, 0.2) is 0 Å². The molecule has 2 rings (SSSR count). The summed E-state index contributed by atoms with van der Waals surface area (Å²) < 4.78 is 7.35. The van der Waals surface area contributed by atoms with Gasteiger partial charge in [0.2, 0.25) is 0 Å². The second-order valence-corrected chi connectivity index (χ2v) is 4.29. The Kier molecular flexibility index (Phi) is 4.18. The summed E-state index contributed by atoms with van der Waals surface area (Å²) in [5.41, 5.74) is 8.18. The molecule has 1 aromatic carbocycles. The summed E-state index contributed by atoms with van der Waals surface area (Å²) in [6.45, 7) is 2.53. The predicted molar refractivity (Wildman–Crippen MR) is 71.2 cm³/mol. The van der Waals surface area contributed by atoms with Crippen molar-refractivity contribution < 1.29 is 4.74 Å². The van der Waals surface area contributed by atoms with Crippen LogP contribution < -0.4 is 5.73 Å². The Hall–Kier alpha value is -1.32. The van der Waals surface area contributed by atoms with Crippen molar-refractivity contribution in [2.75, 3.05) is 20.3 Å². The Morgan fingerprint density at radius 2 is 2.18 bits per heavy atom. The van der Waals surface area contributed by atoms with Crippen molar-refractivity contribution in [2.45, 2.75) is 19.4 Å². The van der Waals surface area contributed by atoms with Crippen LogP contribution in [0.15, 0.2) is 30.5 Å². The average Bonchev–Trinajstić information content (AvgIpc) is 2.73. The zero-order valence-corrected chi connectivity index (χ0v) is 10.4. The largest absolute Gasteiger partial charge is 0.385 e. The van der Waals surface area contributed by atoms with Crippen LogP contribution in [0.1, 0.15) is 12.0 Å². The number of hydrogen-bond donors (Lipinski definition) is 1. The van der Waals surface area contributed by atoms with Crippen LogP contribution in [0.4, 0.5) is 0 Å². The second kappa shape index (κ2) is 5.84. The molecule has 17 heavy (non-hydrogen) atoms. The zero-order chi connectivity index (χ0) is 12.1. The van der Waals surface area contributed by atoms with E-state index >= 15 is 0 Å². The maximum Gasteiger partial charge on any atom is 0.0480 e. The number of ether oxygens (including phenoxy) is 1. The number of nitrogens with zero attached hydrogens (tertiary/aromatic N) is 1.